The molecule has 0 spiro atoms. The van der Waals surface area contributed by atoms with Crippen molar-refractivity contribution in [2.45, 2.75) is 110 Å². The highest BCUT2D eigenvalue weighted by Gasteiger charge is 2.59. The zero-order valence-corrected chi connectivity index (χ0v) is 23.8. The highest BCUT2D eigenvalue weighted by Crippen LogP contribution is 2.62. The van der Waals surface area contributed by atoms with Crippen molar-refractivity contribution in [1.29, 1.82) is 0 Å². The summed E-state index contributed by atoms with van der Waals surface area (Å²) < 4.78 is 42.9. The van der Waals surface area contributed by atoms with Crippen LogP contribution >= 0.6 is 0 Å². The van der Waals surface area contributed by atoms with Gasteiger partial charge in [0, 0.05) is 19.3 Å². The minimum atomic E-state index is -4.50. The van der Waals surface area contributed by atoms with E-state index in [1.54, 1.807) is 0 Å². The first-order chi connectivity index (χ1) is 17.2. The summed E-state index contributed by atoms with van der Waals surface area (Å²) in [6.45, 7) is 14.4. The molecule has 4 aliphatic rings. The van der Waals surface area contributed by atoms with Gasteiger partial charge in [-0.3, -0.25) is 9.35 Å². The first-order valence-electron chi connectivity index (χ1n) is 13.8. The van der Waals surface area contributed by atoms with Gasteiger partial charge < -0.3 is 9.84 Å². The molecule has 4 rings (SSSR count). The molecule has 0 heterocycles. The Labute approximate surface area is 222 Å². The van der Waals surface area contributed by atoms with Crippen LogP contribution in [0.3, 0.4) is 0 Å². The monoisotopic (exact) mass is 536 g/mol. The molecule has 7 nitrogen and oxygen atoms in total. The molecule has 0 aromatic heterocycles. The van der Waals surface area contributed by atoms with Crippen molar-refractivity contribution in [1.82, 2.24) is 0 Å². The summed E-state index contributed by atoms with van der Waals surface area (Å²) in [6, 6.07) is 0. The maximum absolute atomic E-state index is 12.4. The number of aliphatic hydroxyl groups excluding tert-OH is 1. The predicted molar refractivity (Wildman–Crippen MR) is 142 cm³/mol. The molecule has 7 atom stereocenters. The van der Waals surface area contributed by atoms with E-state index in [1.165, 1.54) is 12.5 Å². The third kappa shape index (κ3) is 5.36. The number of ether oxygens (including phenoxy) is 1. The van der Waals surface area contributed by atoms with Gasteiger partial charge in [0.05, 0.1) is 12.2 Å². The van der Waals surface area contributed by atoms with Gasteiger partial charge in [-0.2, -0.15) is 8.42 Å². The molecule has 0 saturated heterocycles. The lowest BCUT2D eigenvalue weighted by atomic mass is 9.52. The van der Waals surface area contributed by atoms with Crippen molar-refractivity contribution in [2.24, 2.45) is 29.1 Å². The number of esters is 1. The molecule has 0 aromatic carbocycles. The summed E-state index contributed by atoms with van der Waals surface area (Å²) in [5, 5.41) is 11.7. The quantitative estimate of drug-likeness (QED) is 0.232. The lowest BCUT2D eigenvalue weighted by Gasteiger charge is -2.55. The standard InChI is InChI=1S/C29H44O7S/c1-17(2)18(3)7-8-19(4)24-11-12-25-23-10-9-21-15-22(36-37(32,33)34)13-14-28(21,6)27(23)26(31)16-29(24,25)35-20(5)30/h12,17,19,21-22,24,26,31H,3,7-11,13-16H2,1-2,4-6H3,(H,32,33,34)/t19-,21?,22+,24?,26+,28+,29+/m1/s1. The van der Waals surface area contributed by atoms with Gasteiger partial charge in [-0.15, -0.1) is 0 Å². The van der Waals surface area contributed by atoms with Crippen molar-refractivity contribution >= 4 is 16.4 Å². The van der Waals surface area contributed by atoms with Crippen LogP contribution in [0.5, 0.6) is 0 Å². The first-order valence-corrected chi connectivity index (χ1v) is 15.2. The zero-order valence-electron chi connectivity index (χ0n) is 23.0. The Kier molecular flexibility index (Phi) is 7.90. The van der Waals surface area contributed by atoms with Gasteiger partial charge in [-0.1, -0.05) is 45.9 Å². The second-order valence-electron chi connectivity index (χ2n) is 12.5. The number of aliphatic hydroxyl groups is 1. The number of hydrogen-bond acceptors (Lipinski definition) is 6. The topological polar surface area (TPSA) is 110 Å². The van der Waals surface area contributed by atoms with Gasteiger partial charge in [0.25, 0.3) is 0 Å². The number of hydrogen-bond donors (Lipinski definition) is 2. The van der Waals surface area contributed by atoms with Crippen molar-refractivity contribution in [3.8, 4) is 0 Å². The maximum Gasteiger partial charge on any atom is 0.397 e. The Morgan fingerprint density at radius 2 is 1.97 bits per heavy atom. The van der Waals surface area contributed by atoms with E-state index in [2.05, 4.69) is 40.3 Å². The second-order valence-corrected chi connectivity index (χ2v) is 13.5. The van der Waals surface area contributed by atoms with Crippen LogP contribution in [0.2, 0.25) is 0 Å². The molecule has 0 aliphatic heterocycles. The maximum atomic E-state index is 12.4. The average Bonchev–Trinajstić information content (AvgIpc) is 3.13. The van der Waals surface area contributed by atoms with Gasteiger partial charge >= 0.3 is 16.4 Å². The van der Waals surface area contributed by atoms with Crippen LogP contribution in [0.15, 0.2) is 34.9 Å². The minimum Gasteiger partial charge on any atom is -0.454 e. The molecule has 0 amide bonds. The van der Waals surface area contributed by atoms with Crippen LogP contribution in [0.4, 0.5) is 0 Å². The predicted octanol–water partition coefficient (Wildman–Crippen LogP) is 5.71. The number of carbonyl (C=O) groups excluding carboxylic acids is 1. The SMILES string of the molecule is C=C(CC[C@@H](C)C1CC=C2C3=C([C@@H](O)C[C@@]21OC(C)=O)[C@@]1(C)CC[C@H](OS(=O)(=O)O)CC1CC3)C(C)C. The van der Waals surface area contributed by atoms with E-state index in [9.17, 15) is 22.9 Å². The van der Waals surface area contributed by atoms with Crippen LogP contribution in [0.25, 0.3) is 0 Å². The molecule has 37 heavy (non-hydrogen) atoms. The van der Waals surface area contributed by atoms with Crippen molar-refractivity contribution in [2.75, 3.05) is 0 Å². The fraction of sp³-hybridized carbons (Fsp3) is 0.759. The fourth-order valence-corrected chi connectivity index (χ4v) is 8.45. The van der Waals surface area contributed by atoms with Crippen LogP contribution in [-0.2, 0) is 24.1 Å². The second kappa shape index (κ2) is 10.2. The molecule has 0 bridgehead atoms. The van der Waals surface area contributed by atoms with Crippen molar-refractivity contribution in [3.05, 3.63) is 34.9 Å². The average molecular weight is 537 g/mol. The highest BCUT2D eigenvalue weighted by atomic mass is 32.3. The van der Waals surface area contributed by atoms with E-state index in [-0.39, 0.29) is 29.1 Å². The summed E-state index contributed by atoms with van der Waals surface area (Å²) in [5.41, 5.74) is 3.36. The number of fused-ring (bicyclic) bond motifs is 4. The molecule has 8 heteroatoms. The molecule has 1 fully saturated rings. The van der Waals surface area contributed by atoms with E-state index < -0.39 is 28.2 Å². The smallest absolute Gasteiger partial charge is 0.397 e. The third-order valence-electron chi connectivity index (χ3n) is 9.91. The normalized spacial score (nSPS) is 36.4. The molecule has 2 unspecified atom stereocenters. The van der Waals surface area contributed by atoms with Crippen molar-refractivity contribution < 1.29 is 31.8 Å². The summed E-state index contributed by atoms with van der Waals surface area (Å²) in [5.74, 6) is 0.638. The highest BCUT2D eigenvalue weighted by molar-refractivity contribution is 7.80. The Morgan fingerprint density at radius 1 is 1.27 bits per heavy atom. The molecule has 0 radical (unpaired) electrons. The largest absolute Gasteiger partial charge is 0.454 e. The van der Waals surface area contributed by atoms with Gasteiger partial charge in [-0.25, -0.2) is 4.18 Å². The van der Waals surface area contributed by atoms with Gasteiger partial charge in [0.1, 0.15) is 5.60 Å². The Bertz CT molecular complexity index is 1100. The number of carbonyl (C=O) groups is 1. The zero-order chi connectivity index (χ0) is 27.3. The van der Waals surface area contributed by atoms with Gasteiger partial charge in [-0.05, 0) is 91.3 Å². The molecular formula is C29H44O7S. The van der Waals surface area contributed by atoms with E-state index >= 15 is 0 Å². The summed E-state index contributed by atoms with van der Waals surface area (Å²) >= 11 is 0. The van der Waals surface area contributed by atoms with Crippen LogP contribution in [-0.4, -0.2) is 41.9 Å². The van der Waals surface area contributed by atoms with Crippen LogP contribution < -0.4 is 0 Å². The van der Waals surface area contributed by atoms with Gasteiger partial charge in [0.15, 0.2) is 0 Å². The van der Waals surface area contributed by atoms with E-state index in [1.807, 2.05) is 0 Å². The number of allylic oxidation sites excluding steroid dienone is 2. The molecule has 208 valence electrons. The van der Waals surface area contributed by atoms with Gasteiger partial charge in [0.2, 0.25) is 0 Å². The summed E-state index contributed by atoms with van der Waals surface area (Å²) in [7, 11) is -4.50. The Hall–Kier alpha value is -1.48. The Morgan fingerprint density at radius 3 is 2.59 bits per heavy atom. The lowest BCUT2D eigenvalue weighted by Crippen LogP contribution is -2.54. The third-order valence-corrected chi connectivity index (χ3v) is 10.4. The Balaban J connectivity index is 1.64. The minimum absolute atomic E-state index is 0.0967. The molecule has 2 N–H and O–H groups in total. The summed E-state index contributed by atoms with van der Waals surface area (Å²) in [6.07, 6.45) is 7.27. The van der Waals surface area contributed by atoms with E-state index in [4.69, 9.17) is 8.92 Å². The van der Waals surface area contributed by atoms with Crippen LogP contribution in [0.1, 0.15) is 92.4 Å². The molecule has 0 aromatic rings. The van der Waals surface area contributed by atoms with E-state index in [0.29, 0.717) is 31.6 Å². The molecule has 1 saturated carbocycles. The lowest BCUT2D eigenvalue weighted by molar-refractivity contribution is -0.163. The number of rotatable bonds is 8. The van der Waals surface area contributed by atoms with E-state index in [0.717, 1.165) is 48.8 Å². The molecular weight excluding hydrogens is 492 g/mol. The first kappa shape index (κ1) is 28.5. The van der Waals surface area contributed by atoms with Crippen molar-refractivity contribution in [3.63, 3.8) is 0 Å². The fourth-order valence-electron chi connectivity index (χ4n) is 7.93. The molecule has 4 aliphatic carbocycles. The van der Waals surface area contributed by atoms with Crippen LogP contribution in [0, 0.1) is 29.1 Å². The summed E-state index contributed by atoms with van der Waals surface area (Å²) in [4.78, 5) is 12.4.